The van der Waals surface area contributed by atoms with Gasteiger partial charge in [-0.05, 0) is 12.3 Å². The summed E-state index contributed by atoms with van der Waals surface area (Å²) < 4.78 is 0. The first kappa shape index (κ1) is 9.03. The van der Waals surface area contributed by atoms with Crippen LogP contribution in [0.1, 0.15) is 20.3 Å². The fourth-order valence-corrected chi connectivity index (χ4v) is 1.65. The van der Waals surface area contributed by atoms with Crippen molar-refractivity contribution < 1.29 is 14.7 Å². The average Bonchev–Trinajstić information content (AvgIpc) is 2.31. The van der Waals surface area contributed by atoms with Gasteiger partial charge in [0, 0.05) is 6.54 Å². The second kappa shape index (κ2) is 2.77. The fraction of sp³-hybridized carbons (Fsp3) is 0.750. The molecule has 0 aromatic heterocycles. The Morgan fingerprint density at radius 3 is 2.42 bits per heavy atom. The van der Waals surface area contributed by atoms with Crippen molar-refractivity contribution >= 4 is 11.9 Å². The zero-order valence-electron chi connectivity index (χ0n) is 7.26. The molecule has 0 spiro atoms. The Hall–Kier alpha value is -1.06. The third-order valence-corrected chi connectivity index (χ3v) is 2.58. The summed E-state index contributed by atoms with van der Waals surface area (Å²) in [5.41, 5.74) is -1.18. The molecule has 4 nitrogen and oxygen atoms in total. The number of carboxylic acids is 1. The van der Waals surface area contributed by atoms with Crippen molar-refractivity contribution in [1.29, 1.82) is 0 Å². The summed E-state index contributed by atoms with van der Waals surface area (Å²) in [5.74, 6) is -1.50. The molecule has 1 rings (SSSR count). The summed E-state index contributed by atoms with van der Waals surface area (Å²) in [6, 6.07) is 0. The fourth-order valence-electron chi connectivity index (χ4n) is 1.65. The lowest BCUT2D eigenvalue weighted by Crippen LogP contribution is -2.42. The monoisotopic (exact) mass is 171 g/mol. The molecule has 0 radical (unpaired) electrons. The Labute approximate surface area is 71.0 Å². The Bertz CT molecular complexity index is 224. The normalized spacial score (nSPS) is 29.1. The van der Waals surface area contributed by atoms with E-state index >= 15 is 0 Å². The standard InChI is InChI=1S/C8H13NO3/c1-5(2)8(7(11)12)3-4-9-6(8)10/h5H,3-4H2,1-2H3,(H,9,10)(H,11,12). The van der Waals surface area contributed by atoms with Gasteiger partial charge in [0.05, 0.1) is 0 Å². The molecule has 1 amide bonds. The van der Waals surface area contributed by atoms with Crippen molar-refractivity contribution in [2.75, 3.05) is 6.54 Å². The molecule has 1 fully saturated rings. The van der Waals surface area contributed by atoms with Crippen molar-refractivity contribution in [3.05, 3.63) is 0 Å². The van der Waals surface area contributed by atoms with Crippen LogP contribution in [0.25, 0.3) is 0 Å². The maximum atomic E-state index is 11.3. The molecule has 1 aliphatic heterocycles. The number of carbonyl (C=O) groups excluding carboxylic acids is 1. The number of rotatable bonds is 2. The summed E-state index contributed by atoms with van der Waals surface area (Å²) in [6.45, 7) is 4.00. The van der Waals surface area contributed by atoms with Gasteiger partial charge in [-0.1, -0.05) is 13.8 Å². The molecule has 2 N–H and O–H groups in total. The molecule has 1 saturated heterocycles. The van der Waals surface area contributed by atoms with Gasteiger partial charge in [-0.25, -0.2) is 0 Å². The summed E-state index contributed by atoms with van der Waals surface area (Å²) in [7, 11) is 0. The van der Waals surface area contributed by atoms with Crippen molar-refractivity contribution in [3.63, 3.8) is 0 Å². The van der Waals surface area contributed by atoms with E-state index in [2.05, 4.69) is 5.32 Å². The second-order valence-electron chi connectivity index (χ2n) is 3.44. The van der Waals surface area contributed by atoms with Crippen molar-refractivity contribution in [1.82, 2.24) is 5.32 Å². The number of carbonyl (C=O) groups is 2. The van der Waals surface area contributed by atoms with E-state index in [9.17, 15) is 9.59 Å². The molecule has 12 heavy (non-hydrogen) atoms. The lowest BCUT2D eigenvalue weighted by molar-refractivity contribution is -0.156. The lowest BCUT2D eigenvalue weighted by Gasteiger charge is -2.24. The molecule has 0 aromatic rings. The summed E-state index contributed by atoms with van der Waals surface area (Å²) in [6.07, 6.45) is 0.402. The van der Waals surface area contributed by atoms with Crippen molar-refractivity contribution in [2.24, 2.45) is 11.3 Å². The van der Waals surface area contributed by atoms with Gasteiger partial charge in [-0.15, -0.1) is 0 Å². The molecule has 0 aliphatic carbocycles. The quantitative estimate of drug-likeness (QED) is 0.584. The van der Waals surface area contributed by atoms with Gasteiger partial charge in [0.2, 0.25) is 5.91 Å². The van der Waals surface area contributed by atoms with E-state index in [0.717, 1.165) is 0 Å². The summed E-state index contributed by atoms with van der Waals surface area (Å²) in [5, 5.41) is 11.5. The van der Waals surface area contributed by atoms with Crippen LogP contribution in [0.15, 0.2) is 0 Å². The predicted octanol–water partition coefficient (Wildman–Crippen LogP) is 0.233. The molecular formula is C8H13NO3. The molecule has 1 heterocycles. The molecule has 0 saturated carbocycles. The van der Waals surface area contributed by atoms with Gasteiger partial charge in [0.25, 0.3) is 0 Å². The van der Waals surface area contributed by atoms with Crippen molar-refractivity contribution in [3.8, 4) is 0 Å². The highest BCUT2D eigenvalue weighted by molar-refractivity contribution is 6.03. The molecule has 0 aromatic carbocycles. The van der Waals surface area contributed by atoms with E-state index in [-0.39, 0.29) is 11.8 Å². The third-order valence-electron chi connectivity index (χ3n) is 2.58. The number of hydrogen-bond donors (Lipinski definition) is 2. The minimum atomic E-state index is -1.18. The first-order valence-corrected chi connectivity index (χ1v) is 4.03. The van der Waals surface area contributed by atoms with E-state index in [1.807, 2.05) is 0 Å². The highest BCUT2D eigenvalue weighted by Crippen LogP contribution is 2.35. The maximum Gasteiger partial charge on any atom is 0.319 e. The molecule has 1 aliphatic rings. The van der Waals surface area contributed by atoms with Gasteiger partial charge >= 0.3 is 5.97 Å². The van der Waals surface area contributed by atoms with Crippen LogP contribution in [-0.2, 0) is 9.59 Å². The van der Waals surface area contributed by atoms with Crippen molar-refractivity contribution in [2.45, 2.75) is 20.3 Å². The van der Waals surface area contributed by atoms with Crippen LogP contribution in [0.5, 0.6) is 0 Å². The molecule has 4 heteroatoms. The maximum absolute atomic E-state index is 11.3. The topological polar surface area (TPSA) is 66.4 Å². The van der Waals surface area contributed by atoms with E-state index in [4.69, 9.17) is 5.11 Å². The molecule has 1 atom stereocenters. The Balaban J connectivity index is 3.01. The third kappa shape index (κ3) is 0.983. The Morgan fingerprint density at radius 1 is 1.67 bits per heavy atom. The highest BCUT2D eigenvalue weighted by Gasteiger charge is 2.51. The van der Waals surface area contributed by atoms with E-state index in [1.165, 1.54) is 0 Å². The average molecular weight is 171 g/mol. The van der Waals surface area contributed by atoms with Crippen LogP contribution in [0.4, 0.5) is 0 Å². The predicted molar refractivity (Wildman–Crippen MR) is 42.5 cm³/mol. The van der Waals surface area contributed by atoms with Crippen LogP contribution in [-0.4, -0.2) is 23.5 Å². The number of amides is 1. The zero-order chi connectivity index (χ0) is 9.35. The largest absolute Gasteiger partial charge is 0.480 e. The van der Waals surface area contributed by atoms with Gasteiger partial charge < -0.3 is 10.4 Å². The van der Waals surface area contributed by atoms with Gasteiger partial charge in [-0.3, -0.25) is 9.59 Å². The van der Waals surface area contributed by atoms with Crippen LogP contribution in [0.2, 0.25) is 0 Å². The van der Waals surface area contributed by atoms with E-state index < -0.39 is 11.4 Å². The number of aliphatic carboxylic acids is 1. The smallest absolute Gasteiger partial charge is 0.319 e. The van der Waals surface area contributed by atoms with Crippen LogP contribution in [0, 0.1) is 11.3 Å². The number of carboxylic acid groups (broad SMARTS) is 1. The van der Waals surface area contributed by atoms with E-state index in [0.29, 0.717) is 13.0 Å². The molecule has 1 unspecified atom stereocenters. The highest BCUT2D eigenvalue weighted by atomic mass is 16.4. The minimum Gasteiger partial charge on any atom is -0.480 e. The second-order valence-corrected chi connectivity index (χ2v) is 3.44. The van der Waals surface area contributed by atoms with Gasteiger partial charge in [-0.2, -0.15) is 0 Å². The Morgan fingerprint density at radius 2 is 2.25 bits per heavy atom. The zero-order valence-corrected chi connectivity index (χ0v) is 7.26. The minimum absolute atomic E-state index is 0.155. The Kier molecular flexibility index (Phi) is 2.08. The van der Waals surface area contributed by atoms with E-state index in [1.54, 1.807) is 13.8 Å². The van der Waals surface area contributed by atoms with Crippen LogP contribution < -0.4 is 5.32 Å². The van der Waals surface area contributed by atoms with Crippen LogP contribution in [0.3, 0.4) is 0 Å². The summed E-state index contributed by atoms with van der Waals surface area (Å²) in [4.78, 5) is 22.2. The summed E-state index contributed by atoms with van der Waals surface area (Å²) >= 11 is 0. The molecule has 68 valence electrons. The number of nitrogens with one attached hydrogen (secondary N) is 1. The van der Waals surface area contributed by atoms with Crippen LogP contribution >= 0.6 is 0 Å². The first-order valence-electron chi connectivity index (χ1n) is 4.03. The lowest BCUT2D eigenvalue weighted by atomic mass is 9.76. The molecule has 0 bridgehead atoms. The van der Waals surface area contributed by atoms with Gasteiger partial charge in [0.15, 0.2) is 0 Å². The first-order chi connectivity index (χ1) is 5.51. The van der Waals surface area contributed by atoms with Gasteiger partial charge in [0.1, 0.15) is 5.41 Å². The molecular weight excluding hydrogens is 158 g/mol. The number of hydrogen-bond acceptors (Lipinski definition) is 2. The SMILES string of the molecule is CC(C)C1(C(=O)O)CCNC1=O.